The topological polar surface area (TPSA) is 81.7 Å². The van der Waals surface area contributed by atoms with Gasteiger partial charge in [0, 0.05) is 7.05 Å². The zero-order valence-electron chi connectivity index (χ0n) is 10.4. The molecule has 0 atom stereocenters. The van der Waals surface area contributed by atoms with Crippen molar-refractivity contribution in [2.24, 2.45) is 7.05 Å². The molecule has 1 N–H and O–H groups in total. The summed E-state index contributed by atoms with van der Waals surface area (Å²) in [6.45, 7) is 0.754. The fraction of sp³-hybridized carbons (Fsp3) is 0.385. The average Bonchev–Trinajstić information content (AvgIpc) is 2.59. The number of aryl methyl sites for hydroxylation is 1. The number of carboxylic acids is 1. The third kappa shape index (κ3) is 1.76. The lowest BCUT2D eigenvalue weighted by Gasteiger charge is -2.40. The zero-order chi connectivity index (χ0) is 13.6. The Morgan fingerprint density at radius 1 is 1.47 bits per heavy atom. The van der Waals surface area contributed by atoms with Gasteiger partial charge in [0.2, 0.25) is 0 Å². The SMILES string of the molecule is Cn1c(=O)oc2cc(C3(CC(=O)O)COC3)ccc21. The quantitative estimate of drug-likeness (QED) is 0.888. The number of oxazole rings is 1. The molecule has 1 aromatic heterocycles. The lowest BCUT2D eigenvalue weighted by atomic mass is 9.76. The van der Waals surface area contributed by atoms with Crippen molar-refractivity contribution >= 4 is 17.1 Å². The van der Waals surface area contributed by atoms with Crippen LogP contribution in [0.25, 0.3) is 11.1 Å². The summed E-state index contributed by atoms with van der Waals surface area (Å²) in [7, 11) is 1.63. The van der Waals surface area contributed by atoms with Crippen LogP contribution in [0.4, 0.5) is 0 Å². The summed E-state index contributed by atoms with van der Waals surface area (Å²) in [5.41, 5.74) is 1.50. The molecule has 2 heterocycles. The summed E-state index contributed by atoms with van der Waals surface area (Å²) < 4.78 is 11.7. The van der Waals surface area contributed by atoms with E-state index in [1.807, 2.05) is 6.07 Å². The van der Waals surface area contributed by atoms with E-state index in [1.54, 1.807) is 19.2 Å². The number of fused-ring (bicyclic) bond motifs is 1. The van der Waals surface area contributed by atoms with Crippen LogP contribution in [-0.4, -0.2) is 28.9 Å². The van der Waals surface area contributed by atoms with Gasteiger partial charge in [0.15, 0.2) is 5.58 Å². The van der Waals surface area contributed by atoms with Gasteiger partial charge in [-0.25, -0.2) is 4.79 Å². The first-order valence-electron chi connectivity index (χ1n) is 5.91. The number of aromatic nitrogens is 1. The molecule has 0 amide bonds. The Morgan fingerprint density at radius 2 is 2.21 bits per heavy atom. The number of carboxylic acid groups (broad SMARTS) is 1. The molecular weight excluding hydrogens is 250 g/mol. The number of benzene rings is 1. The lowest BCUT2D eigenvalue weighted by molar-refractivity contribution is -0.145. The molecule has 1 aliphatic heterocycles. The van der Waals surface area contributed by atoms with Crippen molar-refractivity contribution in [3.05, 3.63) is 34.3 Å². The number of hydrogen-bond donors (Lipinski definition) is 1. The Morgan fingerprint density at radius 3 is 2.79 bits per heavy atom. The van der Waals surface area contributed by atoms with Crippen molar-refractivity contribution in [3.63, 3.8) is 0 Å². The van der Waals surface area contributed by atoms with Crippen LogP contribution in [0.3, 0.4) is 0 Å². The molecule has 0 radical (unpaired) electrons. The molecule has 0 aliphatic carbocycles. The van der Waals surface area contributed by atoms with Gasteiger partial charge >= 0.3 is 11.7 Å². The predicted molar refractivity (Wildman–Crippen MR) is 66.2 cm³/mol. The first-order valence-corrected chi connectivity index (χ1v) is 5.91. The molecular formula is C13H13NO5. The molecule has 1 aromatic carbocycles. The maximum absolute atomic E-state index is 11.4. The second kappa shape index (κ2) is 3.96. The number of hydrogen-bond acceptors (Lipinski definition) is 4. The molecule has 1 saturated heterocycles. The van der Waals surface area contributed by atoms with Gasteiger partial charge in [-0.15, -0.1) is 0 Å². The fourth-order valence-corrected chi connectivity index (χ4v) is 2.47. The largest absolute Gasteiger partial charge is 0.481 e. The highest BCUT2D eigenvalue weighted by Gasteiger charge is 2.42. The summed E-state index contributed by atoms with van der Waals surface area (Å²) in [5.74, 6) is -1.29. The highest BCUT2D eigenvalue weighted by molar-refractivity contribution is 5.75. The van der Waals surface area contributed by atoms with E-state index in [1.165, 1.54) is 4.57 Å². The Kier molecular flexibility index (Phi) is 2.50. The molecule has 0 saturated carbocycles. The first-order chi connectivity index (χ1) is 9.02. The lowest BCUT2D eigenvalue weighted by Crippen LogP contribution is -2.48. The van der Waals surface area contributed by atoms with Gasteiger partial charge in [-0.05, 0) is 17.7 Å². The minimum absolute atomic E-state index is 0.00950. The summed E-state index contributed by atoms with van der Waals surface area (Å²) >= 11 is 0. The van der Waals surface area contributed by atoms with Crippen molar-refractivity contribution in [3.8, 4) is 0 Å². The first kappa shape index (κ1) is 12.0. The van der Waals surface area contributed by atoms with Crippen LogP contribution < -0.4 is 5.76 Å². The predicted octanol–water partition coefficient (Wildman–Crippen LogP) is 0.874. The van der Waals surface area contributed by atoms with E-state index >= 15 is 0 Å². The maximum Gasteiger partial charge on any atom is 0.419 e. The van der Waals surface area contributed by atoms with E-state index in [0.29, 0.717) is 24.3 Å². The Hall–Kier alpha value is -2.08. The van der Waals surface area contributed by atoms with Crippen LogP contribution >= 0.6 is 0 Å². The highest BCUT2D eigenvalue weighted by Crippen LogP contribution is 2.36. The smallest absolute Gasteiger partial charge is 0.419 e. The maximum atomic E-state index is 11.4. The molecule has 0 bridgehead atoms. The van der Waals surface area contributed by atoms with Crippen molar-refractivity contribution in [1.82, 2.24) is 4.57 Å². The van der Waals surface area contributed by atoms with Crippen LogP contribution in [0.15, 0.2) is 27.4 Å². The molecule has 2 aromatic rings. The highest BCUT2D eigenvalue weighted by atomic mass is 16.5. The van der Waals surface area contributed by atoms with Gasteiger partial charge < -0.3 is 14.3 Å². The van der Waals surface area contributed by atoms with Crippen LogP contribution in [-0.2, 0) is 22.0 Å². The summed E-state index contributed by atoms with van der Waals surface area (Å²) in [6, 6.07) is 5.35. The van der Waals surface area contributed by atoms with Crippen molar-refractivity contribution in [2.45, 2.75) is 11.8 Å². The molecule has 1 fully saturated rings. The van der Waals surface area contributed by atoms with E-state index in [0.717, 1.165) is 5.56 Å². The third-order valence-electron chi connectivity index (χ3n) is 3.65. The van der Waals surface area contributed by atoms with Crippen molar-refractivity contribution in [2.75, 3.05) is 13.2 Å². The fourth-order valence-electron chi connectivity index (χ4n) is 2.47. The minimum Gasteiger partial charge on any atom is -0.481 e. The van der Waals surface area contributed by atoms with Gasteiger partial charge in [0.1, 0.15) is 0 Å². The monoisotopic (exact) mass is 263 g/mol. The number of nitrogens with zero attached hydrogens (tertiary/aromatic N) is 1. The van der Waals surface area contributed by atoms with E-state index in [9.17, 15) is 9.59 Å². The van der Waals surface area contributed by atoms with E-state index in [-0.39, 0.29) is 6.42 Å². The van der Waals surface area contributed by atoms with Crippen molar-refractivity contribution < 1.29 is 19.1 Å². The van der Waals surface area contributed by atoms with Crippen molar-refractivity contribution in [1.29, 1.82) is 0 Å². The number of rotatable bonds is 3. The Labute approximate surface area is 108 Å². The number of ether oxygens (including phenoxy) is 1. The van der Waals surface area contributed by atoms with E-state index in [4.69, 9.17) is 14.3 Å². The van der Waals surface area contributed by atoms with Gasteiger partial charge in [0.05, 0.1) is 30.6 Å². The molecule has 19 heavy (non-hydrogen) atoms. The summed E-state index contributed by atoms with van der Waals surface area (Å²) in [5, 5.41) is 9.00. The van der Waals surface area contributed by atoms with Gasteiger partial charge in [0.25, 0.3) is 0 Å². The molecule has 1 aliphatic rings. The van der Waals surface area contributed by atoms with E-state index < -0.39 is 17.1 Å². The van der Waals surface area contributed by atoms with Crippen LogP contribution in [0, 0.1) is 0 Å². The number of carbonyl (C=O) groups is 1. The standard InChI is InChI=1S/C13H13NO5/c1-14-9-3-2-8(4-10(9)19-12(14)17)13(5-11(15)16)6-18-7-13/h2-4H,5-7H2,1H3,(H,15,16). The summed E-state index contributed by atoms with van der Waals surface area (Å²) in [4.78, 5) is 22.4. The average molecular weight is 263 g/mol. The zero-order valence-corrected chi connectivity index (χ0v) is 10.4. The molecule has 0 unspecified atom stereocenters. The van der Waals surface area contributed by atoms with Gasteiger partial charge in [-0.3, -0.25) is 9.36 Å². The molecule has 6 nitrogen and oxygen atoms in total. The van der Waals surface area contributed by atoms with Gasteiger partial charge in [-0.1, -0.05) is 6.07 Å². The second-order valence-corrected chi connectivity index (χ2v) is 4.95. The molecule has 6 heteroatoms. The number of aliphatic carboxylic acids is 1. The van der Waals surface area contributed by atoms with Crippen LogP contribution in [0.1, 0.15) is 12.0 Å². The summed E-state index contributed by atoms with van der Waals surface area (Å²) in [6.07, 6.45) is 0.00950. The van der Waals surface area contributed by atoms with Crippen LogP contribution in [0.2, 0.25) is 0 Å². The Balaban J connectivity index is 2.10. The Bertz CT molecular complexity index is 707. The minimum atomic E-state index is -0.863. The molecule has 0 spiro atoms. The molecule has 100 valence electrons. The molecule has 3 rings (SSSR count). The second-order valence-electron chi connectivity index (χ2n) is 4.95. The normalized spacial score (nSPS) is 17.3. The van der Waals surface area contributed by atoms with Gasteiger partial charge in [-0.2, -0.15) is 0 Å². The van der Waals surface area contributed by atoms with Crippen LogP contribution in [0.5, 0.6) is 0 Å². The third-order valence-corrected chi connectivity index (χ3v) is 3.65. The van der Waals surface area contributed by atoms with E-state index in [2.05, 4.69) is 0 Å².